The Morgan fingerprint density at radius 2 is 1.91 bits per heavy atom. The van der Waals surface area contributed by atoms with Crippen molar-refractivity contribution in [2.75, 3.05) is 19.1 Å². The zero-order valence-electron chi connectivity index (χ0n) is 12.6. The topological polar surface area (TPSA) is 42.4 Å². The van der Waals surface area contributed by atoms with E-state index in [9.17, 15) is 18.0 Å². The van der Waals surface area contributed by atoms with Gasteiger partial charge in [0.1, 0.15) is 0 Å². The summed E-state index contributed by atoms with van der Waals surface area (Å²) in [6.07, 6.45) is -3.91. The molecule has 0 aliphatic carbocycles. The summed E-state index contributed by atoms with van der Waals surface area (Å²) >= 11 is 0. The monoisotopic (exact) mass is 324 g/mol. The number of methoxy groups -OCH3 is 1. The summed E-state index contributed by atoms with van der Waals surface area (Å²) in [7, 11) is 2.75. The number of halogens is 3. The van der Waals surface area contributed by atoms with Crippen molar-refractivity contribution in [2.45, 2.75) is 12.7 Å². The lowest BCUT2D eigenvalue weighted by molar-refractivity contribution is -0.137. The van der Waals surface area contributed by atoms with Crippen molar-refractivity contribution in [1.29, 1.82) is 0 Å². The third kappa shape index (κ3) is 4.00. The van der Waals surface area contributed by atoms with Gasteiger partial charge in [-0.3, -0.25) is 0 Å². The Morgan fingerprint density at radius 3 is 2.48 bits per heavy atom. The molecule has 0 saturated heterocycles. The summed E-state index contributed by atoms with van der Waals surface area (Å²) in [6.45, 7) is 0.327. The van der Waals surface area contributed by atoms with Crippen LogP contribution in [0.3, 0.4) is 0 Å². The molecule has 0 atom stereocenters. The predicted octanol–water partition coefficient (Wildman–Crippen LogP) is 3.52. The van der Waals surface area contributed by atoms with E-state index in [-0.39, 0.29) is 11.4 Å². The van der Waals surface area contributed by atoms with Crippen molar-refractivity contribution in [1.82, 2.24) is 4.98 Å². The lowest BCUT2D eigenvalue weighted by Crippen LogP contribution is -2.22. The molecule has 0 radical (unpaired) electrons. The van der Waals surface area contributed by atoms with Gasteiger partial charge in [0.15, 0.2) is 5.69 Å². The number of rotatable bonds is 4. The largest absolute Gasteiger partial charge is 0.464 e. The van der Waals surface area contributed by atoms with Crippen molar-refractivity contribution in [2.24, 2.45) is 0 Å². The van der Waals surface area contributed by atoms with Crippen LogP contribution in [0.1, 0.15) is 21.6 Å². The number of nitrogens with zero attached hydrogens (tertiary/aromatic N) is 2. The maximum atomic E-state index is 12.9. The zero-order valence-corrected chi connectivity index (χ0v) is 12.6. The predicted molar refractivity (Wildman–Crippen MR) is 79.1 cm³/mol. The van der Waals surface area contributed by atoms with Gasteiger partial charge in [-0.05, 0) is 11.6 Å². The minimum atomic E-state index is -4.54. The average Bonchev–Trinajstić information content (AvgIpc) is 2.53. The minimum absolute atomic E-state index is 0.0653. The molecular formula is C16H15F3N2O2. The van der Waals surface area contributed by atoms with Gasteiger partial charge in [-0.25, -0.2) is 9.78 Å². The molecule has 23 heavy (non-hydrogen) atoms. The Kier molecular flexibility index (Phi) is 4.88. The summed E-state index contributed by atoms with van der Waals surface area (Å²) in [6, 6.07) is 10.1. The molecule has 2 rings (SSSR count). The molecule has 1 heterocycles. The second-order valence-corrected chi connectivity index (χ2v) is 4.92. The summed E-state index contributed by atoms with van der Waals surface area (Å²) < 4.78 is 43.3. The number of anilines is 1. The quantitative estimate of drug-likeness (QED) is 0.807. The maximum Gasteiger partial charge on any atom is 0.417 e. The molecule has 0 N–H and O–H groups in total. The number of esters is 1. The summed E-state index contributed by atoms with van der Waals surface area (Å²) in [5, 5.41) is 0. The second-order valence-electron chi connectivity index (χ2n) is 4.92. The average molecular weight is 324 g/mol. The fourth-order valence-electron chi connectivity index (χ4n) is 2.10. The second kappa shape index (κ2) is 6.68. The van der Waals surface area contributed by atoms with Crippen LogP contribution in [0.4, 0.5) is 18.9 Å². The summed E-state index contributed by atoms with van der Waals surface area (Å²) in [5.41, 5.74) is -0.113. The highest BCUT2D eigenvalue weighted by Crippen LogP contribution is 2.32. The molecule has 4 nitrogen and oxygen atoms in total. The van der Waals surface area contributed by atoms with Crippen molar-refractivity contribution >= 4 is 11.7 Å². The van der Waals surface area contributed by atoms with Crippen LogP contribution < -0.4 is 4.90 Å². The lowest BCUT2D eigenvalue weighted by Gasteiger charge is -2.22. The highest BCUT2D eigenvalue weighted by Gasteiger charge is 2.33. The van der Waals surface area contributed by atoms with Gasteiger partial charge < -0.3 is 9.64 Å². The van der Waals surface area contributed by atoms with Crippen LogP contribution in [0.15, 0.2) is 42.6 Å². The highest BCUT2D eigenvalue weighted by atomic mass is 19.4. The van der Waals surface area contributed by atoms with E-state index in [0.29, 0.717) is 12.7 Å². The van der Waals surface area contributed by atoms with E-state index in [2.05, 4.69) is 9.72 Å². The van der Waals surface area contributed by atoms with E-state index < -0.39 is 17.7 Å². The van der Waals surface area contributed by atoms with Crippen LogP contribution in [0.25, 0.3) is 0 Å². The maximum absolute atomic E-state index is 12.9. The molecule has 0 saturated carbocycles. The van der Waals surface area contributed by atoms with Gasteiger partial charge in [-0.15, -0.1) is 0 Å². The van der Waals surface area contributed by atoms with Crippen molar-refractivity contribution in [3.05, 3.63) is 59.4 Å². The van der Waals surface area contributed by atoms with Crippen LogP contribution in [0.2, 0.25) is 0 Å². The number of alkyl halides is 3. The molecule has 7 heteroatoms. The third-order valence-electron chi connectivity index (χ3n) is 3.25. The van der Waals surface area contributed by atoms with E-state index in [1.807, 2.05) is 30.3 Å². The van der Waals surface area contributed by atoms with E-state index in [0.717, 1.165) is 18.7 Å². The molecule has 0 amide bonds. The smallest absolute Gasteiger partial charge is 0.417 e. The van der Waals surface area contributed by atoms with Crippen molar-refractivity contribution < 1.29 is 22.7 Å². The van der Waals surface area contributed by atoms with Crippen LogP contribution in [-0.2, 0) is 17.5 Å². The first kappa shape index (κ1) is 16.8. The Morgan fingerprint density at radius 1 is 1.26 bits per heavy atom. The Balaban J connectivity index is 2.42. The first-order valence-electron chi connectivity index (χ1n) is 6.73. The van der Waals surface area contributed by atoms with Gasteiger partial charge in [0, 0.05) is 19.8 Å². The van der Waals surface area contributed by atoms with Gasteiger partial charge in [0.25, 0.3) is 0 Å². The molecule has 0 aliphatic rings. The van der Waals surface area contributed by atoms with E-state index in [1.54, 1.807) is 7.05 Å². The number of ether oxygens (including phenoxy) is 1. The molecule has 0 bridgehead atoms. The summed E-state index contributed by atoms with van der Waals surface area (Å²) in [4.78, 5) is 16.9. The number of hydrogen-bond donors (Lipinski definition) is 0. The SMILES string of the molecule is COC(=O)c1ncc(C(F)(F)F)cc1N(C)Cc1ccccc1. The molecule has 2 aromatic rings. The molecule has 0 aliphatic heterocycles. The number of aromatic nitrogens is 1. The number of carbonyl (C=O) groups excluding carboxylic acids is 1. The molecule has 122 valence electrons. The van der Waals surface area contributed by atoms with Crippen LogP contribution in [0, 0.1) is 0 Å². The first-order valence-corrected chi connectivity index (χ1v) is 6.73. The minimum Gasteiger partial charge on any atom is -0.464 e. The number of carbonyl (C=O) groups is 1. The van der Waals surface area contributed by atoms with Gasteiger partial charge in [0.05, 0.1) is 18.4 Å². The van der Waals surface area contributed by atoms with Gasteiger partial charge >= 0.3 is 12.1 Å². The molecule has 0 spiro atoms. The highest BCUT2D eigenvalue weighted by molar-refractivity contribution is 5.93. The third-order valence-corrected chi connectivity index (χ3v) is 3.25. The van der Waals surface area contributed by atoms with Crippen LogP contribution in [-0.4, -0.2) is 25.1 Å². The van der Waals surface area contributed by atoms with Gasteiger partial charge in [-0.2, -0.15) is 13.2 Å². The van der Waals surface area contributed by atoms with Crippen molar-refractivity contribution in [3.8, 4) is 0 Å². The number of benzene rings is 1. The van der Waals surface area contributed by atoms with E-state index in [4.69, 9.17) is 0 Å². The normalized spacial score (nSPS) is 11.2. The van der Waals surface area contributed by atoms with E-state index >= 15 is 0 Å². The van der Waals surface area contributed by atoms with Gasteiger partial charge in [-0.1, -0.05) is 30.3 Å². The van der Waals surface area contributed by atoms with Gasteiger partial charge in [0.2, 0.25) is 0 Å². The number of hydrogen-bond acceptors (Lipinski definition) is 4. The molecule has 0 unspecified atom stereocenters. The first-order chi connectivity index (χ1) is 10.8. The molecule has 1 aromatic heterocycles. The molecule has 0 fully saturated rings. The standard InChI is InChI=1S/C16H15F3N2O2/c1-21(10-11-6-4-3-5-7-11)13-8-12(16(17,18)19)9-20-14(13)15(22)23-2/h3-9H,10H2,1-2H3. The number of pyridine rings is 1. The van der Waals surface area contributed by atoms with Crippen LogP contribution in [0.5, 0.6) is 0 Å². The van der Waals surface area contributed by atoms with Crippen molar-refractivity contribution in [3.63, 3.8) is 0 Å². The van der Waals surface area contributed by atoms with E-state index in [1.165, 1.54) is 4.90 Å². The lowest BCUT2D eigenvalue weighted by atomic mass is 10.1. The van der Waals surface area contributed by atoms with Crippen LogP contribution >= 0.6 is 0 Å². The Bertz CT molecular complexity index is 687. The fourth-order valence-corrected chi connectivity index (χ4v) is 2.10. The fraction of sp³-hybridized carbons (Fsp3) is 0.250. The Labute approximate surface area is 131 Å². The Hall–Kier alpha value is -2.57. The molecule has 1 aromatic carbocycles. The summed E-state index contributed by atoms with van der Waals surface area (Å²) in [5.74, 6) is -0.784. The zero-order chi connectivity index (χ0) is 17.0. The molecular weight excluding hydrogens is 309 g/mol.